The van der Waals surface area contributed by atoms with Crippen LogP contribution in [0.5, 0.6) is 0 Å². The van der Waals surface area contributed by atoms with Crippen LogP contribution in [0.15, 0.2) is 0 Å². The third-order valence-corrected chi connectivity index (χ3v) is 2.20. The van der Waals surface area contributed by atoms with Crippen LogP contribution in [0.2, 0.25) is 0 Å². The Morgan fingerprint density at radius 3 is 2.17 bits per heavy atom. The number of alkyl halides is 1. The Labute approximate surface area is 74.7 Å². The van der Waals surface area contributed by atoms with Gasteiger partial charge in [-0.1, -0.05) is 30.0 Å². The van der Waals surface area contributed by atoms with Crippen LogP contribution in [0.25, 0.3) is 0 Å². The lowest BCUT2D eigenvalue weighted by molar-refractivity contribution is -0.148. The van der Waals surface area contributed by atoms with Gasteiger partial charge in [-0.2, -0.15) is 0 Å². The van der Waals surface area contributed by atoms with E-state index in [-0.39, 0.29) is 24.4 Å². The van der Waals surface area contributed by atoms with Crippen LogP contribution in [0.4, 0.5) is 4.39 Å². The van der Waals surface area contributed by atoms with Crippen molar-refractivity contribution >= 4 is 15.1 Å². The standard InChI is InChI=1S/C8H15FNOP/c1-7(2,3)6(11)10-4-8(9,12)5-10/h4-5,12H2,1-3H3. The average molecular weight is 191 g/mol. The number of hydrogen-bond acceptors (Lipinski definition) is 1. The van der Waals surface area contributed by atoms with Crippen molar-refractivity contribution in [2.75, 3.05) is 13.1 Å². The molecule has 0 bridgehead atoms. The minimum atomic E-state index is -1.24. The normalized spacial score (nSPS) is 21.9. The molecule has 0 N–H and O–H groups in total. The van der Waals surface area contributed by atoms with Crippen LogP contribution in [0.3, 0.4) is 0 Å². The van der Waals surface area contributed by atoms with E-state index in [0.29, 0.717) is 0 Å². The highest BCUT2D eigenvalue weighted by atomic mass is 31.0. The molecule has 12 heavy (non-hydrogen) atoms. The smallest absolute Gasteiger partial charge is 0.228 e. The van der Waals surface area contributed by atoms with Crippen LogP contribution in [-0.4, -0.2) is 29.3 Å². The summed E-state index contributed by atoms with van der Waals surface area (Å²) in [4.78, 5) is 13.0. The first-order valence-corrected chi connectivity index (χ1v) is 4.57. The molecule has 70 valence electrons. The number of amides is 1. The van der Waals surface area contributed by atoms with Gasteiger partial charge in [0.2, 0.25) is 5.91 Å². The monoisotopic (exact) mass is 191 g/mol. The van der Waals surface area contributed by atoms with Gasteiger partial charge in [0.25, 0.3) is 0 Å². The topological polar surface area (TPSA) is 20.3 Å². The second-order valence-electron chi connectivity index (χ2n) is 4.45. The minimum Gasteiger partial charge on any atom is -0.335 e. The van der Waals surface area contributed by atoms with Gasteiger partial charge in [0.15, 0.2) is 5.41 Å². The molecule has 1 aliphatic rings. The van der Waals surface area contributed by atoms with Crippen LogP contribution in [0.1, 0.15) is 20.8 Å². The van der Waals surface area contributed by atoms with Crippen molar-refractivity contribution in [3.8, 4) is 0 Å². The van der Waals surface area contributed by atoms with Gasteiger partial charge in [-0.15, -0.1) is 0 Å². The van der Waals surface area contributed by atoms with Gasteiger partial charge in [-0.25, -0.2) is 4.39 Å². The zero-order valence-electron chi connectivity index (χ0n) is 7.72. The van der Waals surface area contributed by atoms with E-state index < -0.39 is 5.41 Å². The lowest BCUT2D eigenvalue weighted by Gasteiger charge is -2.44. The summed E-state index contributed by atoms with van der Waals surface area (Å²) in [6.07, 6.45) is 0. The molecular formula is C8H15FNOP. The SMILES string of the molecule is CC(C)(C)C(=O)N1CC(F)(P)C1. The molecule has 0 saturated carbocycles. The summed E-state index contributed by atoms with van der Waals surface area (Å²) < 4.78 is 13.0. The number of carbonyl (C=O) groups is 1. The highest BCUT2D eigenvalue weighted by molar-refractivity contribution is 7.18. The van der Waals surface area contributed by atoms with Crippen molar-refractivity contribution in [1.82, 2.24) is 4.90 Å². The molecule has 0 aliphatic carbocycles. The van der Waals surface area contributed by atoms with Gasteiger partial charge in [0.05, 0.1) is 13.1 Å². The predicted molar refractivity (Wildman–Crippen MR) is 49.6 cm³/mol. The number of likely N-dealkylation sites (tertiary alicyclic amines) is 1. The van der Waals surface area contributed by atoms with E-state index in [2.05, 4.69) is 9.24 Å². The van der Waals surface area contributed by atoms with Gasteiger partial charge in [-0.05, 0) is 0 Å². The van der Waals surface area contributed by atoms with Crippen LogP contribution in [0, 0.1) is 5.41 Å². The summed E-state index contributed by atoms with van der Waals surface area (Å²) in [6, 6.07) is 0. The summed E-state index contributed by atoms with van der Waals surface area (Å²) in [5.74, 6) is 0.0261. The lowest BCUT2D eigenvalue weighted by Crippen LogP contribution is -2.59. The molecule has 1 unspecified atom stereocenters. The van der Waals surface area contributed by atoms with E-state index in [1.807, 2.05) is 20.8 Å². The summed E-state index contributed by atoms with van der Waals surface area (Å²) >= 11 is 0. The average Bonchev–Trinajstić information content (AvgIpc) is 1.78. The molecule has 4 heteroatoms. The molecule has 0 spiro atoms. The largest absolute Gasteiger partial charge is 0.335 e. The van der Waals surface area contributed by atoms with E-state index >= 15 is 0 Å². The van der Waals surface area contributed by atoms with Crippen molar-refractivity contribution in [3.63, 3.8) is 0 Å². The second-order valence-corrected chi connectivity index (χ2v) is 5.48. The van der Waals surface area contributed by atoms with Gasteiger partial charge < -0.3 is 4.90 Å². The molecule has 1 amide bonds. The number of rotatable bonds is 0. The molecule has 0 aromatic rings. The van der Waals surface area contributed by atoms with Gasteiger partial charge in [-0.3, -0.25) is 4.79 Å². The molecule has 1 fully saturated rings. The Balaban J connectivity index is 2.50. The summed E-state index contributed by atoms with van der Waals surface area (Å²) in [7, 11) is 2.13. The molecule has 1 heterocycles. The molecule has 0 aromatic heterocycles. The van der Waals surface area contributed by atoms with E-state index in [1.165, 1.54) is 0 Å². The first-order chi connectivity index (χ1) is 5.22. The zero-order valence-corrected chi connectivity index (χ0v) is 8.88. The quantitative estimate of drug-likeness (QED) is 0.530. The number of nitrogens with zero attached hydrogens (tertiary/aromatic N) is 1. The Kier molecular flexibility index (Phi) is 2.20. The summed E-state index contributed by atoms with van der Waals surface area (Å²) in [5, 5.41) is -1.24. The fourth-order valence-corrected chi connectivity index (χ4v) is 1.65. The highest BCUT2D eigenvalue weighted by Gasteiger charge is 2.44. The molecule has 2 nitrogen and oxygen atoms in total. The highest BCUT2D eigenvalue weighted by Crippen LogP contribution is 2.34. The van der Waals surface area contributed by atoms with Crippen molar-refractivity contribution in [2.45, 2.75) is 26.2 Å². The van der Waals surface area contributed by atoms with Crippen LogP contribution >= 0.6 is 9.24 Å². The van der Waals surface area contributed by atoms with Crippen LogP contribution < -0.4 is 0 Å². The van der Waals surface area contributed by atoms with Crippen molar-refractivity contribution < 1.29 is 9.18 Å². The molecule has 0 aromatic carbocycles. The van der Waals surface area contributed by atoms with Crippen molar-refractivity contribution in [2.24, 2.45) is 5.41 Å². The third-order valence-electron chi connectivity index (χ3n) is 1.84. The maximum absolute atomic E-state index is 13.0. The van der Waals surface area contributed by atoms with E-state index in [9.17, 15) is 9.18 Å². The molecule has 1 saturated heterocycles. The summed E-state index contributed by atoms with van der Waals surface area (Å²) in [6.45, 7) is 5.96. The third kappa shape index (κ3) is 1.95. The summed E-state index contributed by atoms with van der Waals surface area (Å²) in [5.41, 5.74) is -0.388. The first kappa shape index (κ1) is 9.91. The minimum absolute atomic E-state index is 0.0261. The Morgan fingerprint density at radius 1 is 1.50 bits per heavy atom. The fourth-order valence-electron chi connectivity index (χ4n) is 1.21. The molecule has 1 atom stereocenters. The molecule has 1 rings (SSSR count). The Bertz CT molecular complexity index is 202. The second kappa shape index (κ2) is 2.66. The number of carbonyl (C=O) groups excluding carboxylic acids is 1. The van der Waals surface area contributed by atoms with E-state index in [1.54, 1.807) is 4.90 Å². The molecule has 0 radical (unpaired) electrons. The number of hydrogen-bond donors (Lipinski definition) is 0. The van der Waals surface area contributed by atoms with Gasteiger partial charge in [0.1, 0.15) is 0 Å². The van der Waals surface area contributed by atoms with E-state index in [4.69, 9.17) is 0 Å². The van der Waals surface area contributed by atoms with E-state index in [0.717, 1.165) is 0 Å². The Morgan fingerprint density at radius 2 is 1.92 bits per heavy atom. The van der Waals surface area contributed by atoms with Crippen molar-refractivity contribution in [1.29, 1.82) is 0 Å². The maximum Gasteiger partial charge on any atom is 0.228 e. The molecular weight excluding hydrogens is 176 g/mol. The fraction of sp³-hybridized carbons (Fsp3) is 0.875. The number of halogens is 1. The van der Waals surface area contributed by atoms with Crippen LogP contribution in [-0.2, 0) is 4.79 Å². The molecule has 1 aliphatic heterocycles. The van der Waals surface area contributed by atoms with Gasteiger partial charge >= 0.3 is 0 Å². The maximum atomic E-state index is 13.0. The predicted octanol–water partition coefficient (Wildman–Crippen LogP) is 1.42. The zero-order chi connectivity index (χ0) is 9.57. The Hall–Kier alpha value is -0.170. The van der Waals surface area contributed by atoms with Gasteiger partial charge in [0, 0.05) is 5.41 Å². The first-order valence-electron chi connectivity index (χ1n) is 3.99. The van der Waals surface area contributed by atoms with Crippen molar-refractivity contribution in [3.05, 3.63) is 0 Å². The lowest BCUT2D eigenvalue weighted by atomic mass is 9.93.